The van der Waals surface area contributed by atoms with Crippen molar-refractivity contribution in [2.45, 2.75) is 51.6 Å². The molecule has 0 aliphatic carbocycles. The number of primary amides is 1. The quantitative estimate of drug-likeness (QED) is 0.391. The van der Waals surface area contributed by atoms with Crippen LogP contribution in [0.1, 0.15) is 38.7 Å². The van der Waals surface area contributed by atoms with Crippen molar-refractivity contribution in [1.29, 1.82) is 0 Å². The number of hydrogen-bond acceptors (Lipinski definition) is 7. The van der Waals surface area contributed by atoms with Gasteiger partial charge in [0.1, 0.15) is 17.8 Å². The maximum absolute atomic E-state index is 13.6. The fraction of sp³-hybridized carbons (Fsp3) is 0.607. The number of fused-ring (bicyclic) bond motifs is 13. The number of carbonyl (C=O) groups is 5. The summed E-state index contributed by atoms with van der Waals surface area (Å²) >= 11 is 0. The Hall–Kier alpha value is -3.67. The highest BCUT2D eigenvalue weighted by molar-refractivity contribution is 5.93. The Bertz CT molecular complexity index is 1050. The number of ether oxygens (including phenoxy) is 2. The predicted octanol–water partition coefficient (Wildman–Crippen LogP) is -0.164. The highest BCUT2D eigenvalue weighted by atomic mass is 16.5. The van der Waals surface area contributed by atoms with Gasteiger partial charge < -0.3 is 35.6 Å². The van der Waals surface area contributed by atoms with E-state index in [1.807, 2.05) is 13.8 Å². The van der Waals surface area contributed by atoms with Gasteiger partial charge in [-0.2, -0.15) is 0 Å². The number of rotatable bonds is 7. The summed E-state index contributed by atoms with van der Waals surface area (Å²) in [5, 5.41) is 5.58. The lowest BCUT2D eigenvalue weighted by Gasteiger charge is -2.34. The van der Waals surface area contributed by atoms with Crippen LogP contribution in [0.4, 0.5) is 0 Å². The van der Waals surface area contributed by atoms with Gasteiger partial charge in [0.25, 0.3) is 5.91 Å². The van der Waals surface area contributed by atoms with Crippen LogP contribution in [0.25, 0.3) is 0 Å². The number of piperidine rings is 1. The Labute approximate surface area is 234 Å². The number of nitrogens with one attached hydrogen (secondary N) is 2. The first-order valence-electron chi connectivity index (χ1n) is 13.7. The molecule has 5 amide bonds. The van der Waals surface area contributed by atoms with Crippen molar-refractivity contribution in [2.24, 2.45) is 17.6 Å². The van der Waals surface area contributed by atoms with Crippen LogP contribution >= 0.6 is 0 Å². The summed E-state index contributed by atoms with van der Waals surface area (Å²) in [6.45, 7) is 4.33. The van der Waals surface area contributed by atoms with E-state index >= 15 is 0 Å². The molecular formula is C28H41N5O7. The minimum absolute atomic E-state index is 0.0899. The predicted molar refractivity (Wildman–Crippen MR) is 146 cm³/mol. The SMILES string of the molecule is COCCN1CC(=O)N[C@H](C(=O)N2CCC(C(N)=O)CC2)Cc2ccc(cc2)OCC(=O)N[C@@H](CC(C)C)C1=O. The third kappa shape index (κ3) is 8.94. The van der Waals surface area contributed by atoms with E-state index in [1.54, 1.807) is 29.2 Å². The van der Waals surface area contributed by atoms with Gasteiger partial charge in [0.2, 0.25) is 23.6 Å². The van der Waals surface area contributed by atoms with E-state index in [2.05, 4.69) is 10.6 Å². The fourth-order valence-corrected chi connectivity index (χ4v) is 4.94. The Morgan fingerprint density at radius 2 is 1.75 bits per heavy atom. The second kappa shape index (κ2) is 14.6. The molecular weight excluding hydrogens is 518 g/mol. The molecule has 2 atom stereocenters. The zero-order valence-electron chi connectivity index (χ0n) is 23.5. The van der Waals surface area contributed by atoms with Crippen molar-refractivity contribution in [3.05, 3.63) is 29.8 Å². The normalized spacial score (nSPS) is 21.6. The minimum atomic E-state index is -0.886. The number of carbonyl (C=O) groups excluding carboxylic acids is 5. The molecule has 1 fully saturated rings. The third-order valence-electron chi connectivity index (χ3n) is 7.13. The maximum atomic E-state index is 13.6. The van der Waals surface area contributed by atoms with Gasteiger partial charge in [-0.1, -0.05) is 26.0 Å². The topological polar surface area (TPSA) is 160 Å². The monoisotopic (exact) mass is 559 g/mol. The molecule has 0 radical (unpaired) electrons. The van der Waals surface area contributed by atoms with Crippen LogP contribution in [0.5, 0.6) is 5.75 Å². The number of amides is 5. The first-order chi connectivity index (χ1) is 19.1. The standard InChI is InChI=1S/C28H41N5O7/c1-18(2)14-22-28(38)33(12-13-39-3)16-24(34)30-23(27(37)32-10-8-20(9-11-32)26(29)36)15-19-4-6-21(7-5-19)40-17-25(35)31-22/h4-7,18,20,22-23H,8-17H2,1-3H3,(H2,29,36)(H,30,34)(H,31,35)/t22-,23-/m0/s1. The largest absolute Gasteiger partial charge is 0.484 e. The van der Waals surface area contributed by atoms with Gasteiger partial charge in [-0.05, 0) is 42.9 Å². The minimum Gasteiger partial charge on any atom is -0.484 e. The smallest absolute Gasteiger partial charge is 0.258 e. The Balaban J connectivity index is 1.88. The van der Waals surface area contributed by atoms with E-state index in [0.29, 0.717) is 38.1 Å². The van der Waals surface area contributed by atoms with Gasteiger partial charge in [0.05, 0.1) is 13.2 Å². The van der Waals surface area contributed by atoms with E-state index in [-0.39, 0.29) is 56.4 Å². The molecule has 0 unspecified atom stereocenters. The maximum Gasteiger partial charge on any atom is 0.258 e. The molecule has 0 saturated carbocycles. The summed E-state index contributed by atoms with van der Waals surface area (Å²) in [7, 11) is 1.49. The average molecular weight is 560 g/mol. The van der Waals surface area contributed by atoms with Crippen LogP contribution in [0, 0.1) is 11.8 Å². The third-order valence-corrected chi connectivity index (χ3v) is 7.13. The lowest BCUT2D eigenvalue weighted by Crippen LogP contribution is -2.56. The lowest BCUT2D eigenvalue weighted by molar-refractivity contribution is -0.142. The summed E-state index contributed by atoms with van der Waals surface area (Å²) in [4.78, 5) is 67.6. The van der Waals surface area contributed by atoms with E-state index < -0.39 is 29.8 Å². The van der Waals surface area contributed by atoms with Gasteiger partial charge in [0, 0.05) is 39.1 Å². The molecule has 220 valence electrons. The number of hydrogen-bond donors (Lipinski definition) is 3. The molecule has 4 N–H and O–H groups in total. The molecule has 3 heterocycles. The second-order valence-corrected chi connectivity index (χ2v) is 10.8. The lowest BCUT2D eigenvalue weighted by atomic mass is 9.95. The van der Waals surface area contributed by atoms with E-state index in [9.17, 15) is 24.0 Å². The van der Waals surface area contributed by atoms with Crippen LogP contribution in [-0.4, -0.2) is 97.9 Å². The molecule has 3 aliphatic heterocycles. The average Bonchev–Trinajstić information content (AvgIpc) is 2.92. The van der Waals surface area contributed by atoms with Crippen LogP contribution in [0.3, 0.4) is 0 Å². The zero-order valence-corrected chi connectivity index (χ0v) is 23.5. The first-order valence-corrected chi connectivity index (χ1v) is 13.7. The summed E-state index contributed by atoms with van der Waals surface area (Å²) in [6.07, 6.45) is 1.52. The van der Waals surface area contributed by atoms with Crippen molar-refractivity contribution in [2.75, 3.05) is 46.5 Å². The molecule has 2 bridgehead atoms. The van der Waals surface area contributed by atoms with E-state index in [1.165, 1.54) is 12.0 Å². The van der Waals surface area contributed by atoms with Crippen molar-refractivity contribution in [3.63, 3.8) is 0 Å². The fourth-order valence-electron chi connectivity index (χ4n) is 4.94. The van der Waals surface area contributed by atoms with Crippen molar-refractivity contribution >= 4 is 29.5 Å². The summed E-state index contributed by atoms with van der Waals surface area (Å²) in [5.41, 5.74) is 6.22. The molecule has 0 spiro atoms. The van der Waals surface area contributed by atoms with Crippen molar-refractivity contribution < 1.29 is 33.4 Å². The van der Waals surface area contributed by atoms with Crippen LogP contribution in [0.15, 0.2) is 24.3 Å². The molecule has 1 aromatic carbocycles. The molecule has 3 aliphatic rings. The molecule has 12 nitrogen and oxygen atoms in total. The highest BCUT2D eigenvalue weighted by Crippen LogP contribution is 2.19. The molecule has 12 heteroatoms. The van der Waals surface area contributed by atoms with Gasteiger partial charge >= 0.3 is 0 Å². The Kier molecular flexibility index (Phi) is 11.3. The number of methoxy groups -OCH3 is 1. The number of nitrogens with two attached hydrogens (primary N) is 1. The Morgan fingerprint density at radius 3 is 2.35 bits per heavy atom. The zero-order chi connectivity index (χ0) is 29.2. The number of likely N-dealkylation sites (tertiary alicyclic amines) is 1. The summed E-state index contributed by atoms with van der Waals surface area (Å²) < 4.78 is 10.8. The summed E-state index contributed by atoms with van der Waals surface area (Å²) in [6, 6.07) is 5.20. The van der Waals surface area contributed by atoms with Crippen LogP contribution < -0.4 is 21.1 Å². The Morgan fingerprint density at radius 1 is 1.07 bits per heavy atom. The van der Waals surface area contributed by atoms with Crippen molar-refractivity contribution in [3.8, 4) is 5.75 Å². The van der Waals surface area contributed by atoms with Gasteiger partial charge in [0.15, 0.2) is 6.61 Å². The molecule has 4 rings (SSSR count). The van der Waals surface area contributed by atoms with Gasteiger partial charge in [-0.15, -0.1) is 0 Å². The van der Waals surface area contributed by atoms with Crippen LogP contribution in [0.2, 0.25) is 0 Å². The molecule has 1 saturated heterocycles. The van der Waals surface area contributed by atoms with Gasteiger partial charge in [-0.3, -0.25) is 24.0 Å². The van der Waals surface area contributed by atoms with E-state index in [0.717, 1.165) is 5.56 Å². The van der Waals surface area contributed by atoms with Gasteiger partial charge in [-0.25, -0.2) is 0 Å². The number of benzene rings is 1. The molecule has 1 aromatic rings. The first kappa shape index (κ1) is 30.9. The summed E-state index contributed by atoms with van der Waals surface area (Å²) in [5.74, 6) is -1.73. The molecule has 0 aromatic heterocycles. The van der Waals surface area contributed by atoms with E-state index in [4.69, 9.17) is 15.2 Å². The van der Waals surface area contributed by atoms with Crippen LogP contribution in [-0.2, 0) is 35.1 Å². The number of nitrogens with zero attached hydrogens (tertiary/aromatic N) is 2. The highest BCUT2D eigenvalue weighted by Gasteiger charge is 2.33. The van der Waals surface area contributed by atoms with Crippen molar-refractivity contribution in [1.82, 2.24) is 20.4 Å². The molecule has 40 heavy (non-hydrogen) atoms. The second-order valence-electron chi connectivity index (χ2n) is 10.8.